The molecular weight excluding hydrogens is 304 g/mol. The van der Waals surface area contributed by atoms with Crippen LogP contribution in [0.1, 0.15) is 36.6 Å². The number of aromatic nitrogens is 2. The van der Waals surface area contributed by atoms with Gasteiger partial charge < -0.3 is 15.4 Å². The second kappa shape index (κ2) is 8.29. The summed E-state index contributed by atoms with van der Waals surface area (Å²) in [7, 11) is 1.60. The minimum Gasteiger partial charge on any atom is -0.497 e. The van der Waals surface area contributed by atoms with E-state index < -0.39 is 0 Å². The molecule has 0 fully saturated rings. The molecule has 0 atom stereocenters. The minimum absolute atomic E-state index is 0.266. The van der Waals surface area contributed by atoms with Crippen LogP contribution in [0.5, 0.6) is 5.75 Å². The van der Waals surface area contributed by atoms with Gasteiger partial charge in [0.25, 0.3) is 5.91 Å². The van der Waals surface area contributed by atoms with Gasteiger partial charge in [0.05, 0.1) is 7.11 Å². The van der Waals surface area contributed by atoms with Crippen molar-refractivity contribution >= 4 is 17.4 Å². The Hall–Kier alpha value is -2.63. The summed E-state index contributed by atoms with van der Waals surface area (Å²) in [5.74, 6) is 2.31. The Bertz CT molecular complexity index is 684. The van der Waals surface area contributed by atoms with E-state index in [1.807, 2.05) is 0 Å². The predicted octanol–water partition coefficient (Wildman–Crippen LogP) is 3.50. The lowest BCUT2D eigenvalue weighted by molar-refractivity contribution is 0.102. The van der Waals surface area contributed by atoms with Gasteiger partial charge in [-0.15, -0.1) is 0 Å². The average molecular weight is 328 g/mol. The van der Waals surface area contributed by atoms with E-state index in [-0.39, 0.29) is 5.91 Å². The highest BCUT2D eigenvalue weighted by atomic mass is 16.5. The summed E-state index contributed by atoms with van der Waals surface area (Å²) in [4.78, 5) is 20.9. The number of amides is 1. The number of ether oxygens (including phenoxy) is 1. The van der Waals surface area contributed by atoms with E-state index in [0.29, 0.717) is 28.9 Å². The van der Waals surface area contributed by atoms with Crippen LogP contribution < -0.4 is 15.4 Å². The summed E-state index contributed by atoms with van der Waals surface area (Å²) in [6.07, 6.45) is 1.04. The Morgan fingerprint density at radius 2 is 1.92 bits per heavy atom. The maximum atomic E-state index is 12.4. The number of carbonyl (C=O) groups is 1. The normalized spacial score (nSPS) is 10.5. The van der Waals surface area contributed by atoms with Crippen molar-refractivity contribution in [3.8, 4) is 5.75 Å². The van der Waals surface area contributed by atoms with Crippen molar-refractivity contribution in [1.82, 2.24) is 9.97 Å². The second-order valence-corrected chi connectivity index (χ2v) is 5.98. The van der Waals surface area contributed by atoms with E-state index in [1.165, 1.54) is 0 Å². The molecule has 0 aliphatic rings. The van der Waals surface area contributed by atoms with Gasteiger partial charge in [-0.1, -0.05) is 13.8 Å². The standard InChI is InChI=1S/C18H24N4O2/c1-12(2)9-10-19-17-11-16(20-13(3)21-17)18(23)22-14-5-7-15(24-4)8-6-14/h5-8,11-12H,9-10H2,1-4H3,(H,22,23)(H,19,20,21). The lowest BCUT2D eigenvalue weighted by Crippen LogP contribution is -2.16. The molecule has 1 heterocycles. The van der Waals surface area contributed by atoms with E-state index >= 15 is 0 Å². The molecule has 1 amide bonds. The van der Waals surface area contributed by atoms with Gasteiger partial charge in [0.15, 0.2) is 0 Å². The molecule has 0 radical (unpaired) electrons. The van der Waals surface area contributed by atoms with Crippen LogP contribution in [-0.4, -0.2) is 29.5 Å². The van der Waals surface area contributed by atoms with Crippen molar-refractivity contribution in [3.63, 3.8) is 0 Å². The van der Waals surface area contributed by atoms with Crippen LogP contribution in [0.15, 0.2) is 30.3 Å². The van der Waals surface area contributed by atoms with Crippen LogP contribution in [-0.2, 0) is 0 Å². The number of carbonyl (C=O) groups excluding carboxylic acids is 1. The molecule has 0 aliphatic heterocycles. The van der Waals surface area contributed by atoms with Crippen molar-refractivity contribution in [2.75, 3.05) is 24.3 Å². The van der Waals surface area contributed by atoms with Crippen LogP contribution in [0.4, 0.5) is 11.5 Å². The summed E-state index contributed by atoms with van der Waals surface area (Å²) < 4.78 is 5.10. The molecule has 1 aromatic heterocycles. The number of hydrogen-bond donors (Lipinski definition) is 2. The van der Waals surface area contributed by atoms with Gasteiger partial charge in [-0.25, -0.2) is 9.97 Å². The molecule has 0 unspecified atom stereocenters. The third-order valence-corrected chi connectivity index (χ3v) is 3.45. The van der Waals surface area contributed by atoms with Crippen molar-refractivity contribution in [2.24, 2.45) is 5.92 Å². The maximum Gasteiger partial charge on any atom is 0.274 e. The largest absolute Gasteiger partial charge is 0.497 e. The first kappa shape index (κ1) is 17.7. The second-order valence-electron chi connectivity index (χ2n) is 5.98. The first-order valence-corrected chi connectivity index (χ1v) is 8.03. The fourth-order valence-corrected chi connectivity index (χ4v) is 2.13. The fourth-order valence-electron chi connectivity index (χ4n) is 2.13. The number of rotatable bonds is 7. The van der Waals surface area contributed by atoms with Crippen LogP contribution >= 0.6 is 0 Å². The number of nitrogens with one attached hydrogen (secondary N) is 2. The summed E-state index contributed by atoms with van der Waals surface area (Å²) >= 11 is 0. The van der Waals surface area contributed by atoms with E-state index in [4.69, 9.17) is 4.74 Å². The van der Waals surface area contributed by atoms with E-state index in [0.717, 1.165) is 18.7 Å². The molecule has 0 spiro atoms. The summed E-state index contributed by atoms with van der Waals surface area (Å²) in [5.41, 5.74) is 1.02. The Balaban J connectivity index is 2.06. The molecule has 1 aromatic carbocycles. The van der Waals surface area contributed by atoms with Gasteiger partial charge >= 0.3 is 0 Å². The molecular formula is C18H24N4O2. The number of methoxy groups -OCH3 is 1. The summed E-state index contributed by atoms with van der Waals surface area (Å²) in [6.45, 7) is 6.92. The van der Waals surface area contributed by atoms with Crippen LogP contribution in [0.2, 0.25) is 0 Å². The highest BCUT2D eigenvalue weighted by molar-refractivity contribution is 6.03. The highest BCUT2D eigenvalue weighted by Gasteiger charge is 2.11. The maximum absolute atomic E-state index is 12.4. The lowest BCUT2D eigenvalue weighted by Gasteiger charge is -2.10. The summed E-state index contributed by atoms with van der Waals surface area (Å²) in [5, 5.41) is 6.07. The molecule has 0 bridgehead atoms. The van der Waals surface area contributed by atoms with E-state index in [9.17, 15) is 4.79 Å². The zero-order chi connectivity index (χ0) is 17.5. The topological polar surface area (TPSA) is 76.1 Å². The first-order chi connectivity index (χ1) is 11.5. The van der Waals surface area contributed by atoms with E-state index in [1.54, 1.807) is 44.4 Å². The fraction of sp³-hybridized carbons (Fsp3) is 0.389. The molecule has 24 heavy (non-hydrogen) atoms. The molecule has 2 rings (SSSR count). The van der Waals surface area contributed by atoms with Gasteiger partial charge in [-0.05, 0) is 43.5 Å². The van der Waals surface area contributed by atoms with Crippen LogP contribution in [0.3, 0.4) is 0 Å². The third kappa shape index (κ3) is 5.22. The average Bonchev–Trinajstić information content (AvgIpc) is 2.54. The van der Waals surface area contributed by atoms with Gasteiger partial charge in [-0.2, -0.15) is 0 Å². The minimum atomic E-state index is -0.266. The molecule has 2 N–H and O–H groups in total. The predicted molar refractivity (Wildman–Crippen MR) is 95.7 cm³/mol. The molecule has 0 saturated heterocycles. The molecule has 0 aliphatic carbocycles. The van der Waals surface area contributed by atoms with E-state index in [2.05, 4.69) is 34.4 Å². The first-order valence-electron chi connectivity index (χ1n) is 8.03. The molecule has 128 valence electrons. The van der Waals surface area contributed by atoms with Crippen LogP contribution in [0, 0.1) is 12.8 Å². The Kier molecular flexibility index (Phi) is 6.12. The van der Waals surface area contributed by atoms with Crippen molar-refractivity contribution < 1.29 is 9.53 Å². The smallest absolute Gasteiger partial charge is 0.274 e. The zero-order valence-electron chi connectivity index (χ0n) is 14.6. The SMILES string of the molecule is COc1ccc(NC(=O)c2cc(NCCC(C)C)nc(C)n2)cc1. The Labute approximate surface area is 142 Å². The highest BCUT2D eigenvalue weighted by Crippen LogP contribution is 2.16. The Morgan fingerprint density at radius 1 is 1.21 bits per heavy atom. The van der Waals surface area contributed by atoms with Crippen LogP contribution in [0.25, 0.3) is 0 Å². The molecule has 6 nitrogen and oxygen atoms in total. The summed E-state index contributed by atoms with van der Waals surface area (Å²) in [6, 6.07) is 8.82. The Morgan fingerprint density at radius 3 is 2.54 bits per heavy atom. The monoisotopic (exact) mass is 328 g/mol. The molecule has 6 heteroatoms. The third-order valence-electron chi connectivity index (χ3n) is 3.45. The van der Waals surface area contributed by atoms with Crippen molar-refractivity contribution in [3.05, 3.63) is 41.9 Å². The van der Waals surface area contributed by atoms with Crippen molar-refractivity contribution in [1.29, 1.82) is 0 Å². The van der Waals surface area contributed by atoms with Gasteiger partial charge in [0.2, 0.25) is 0 Å². The quantitative estimate of drug-likeness (QED) is 0.813. The lowest BCUT2D eigenvalue weighted by atomic mass is 10.1. The number of nitrogens with zero attached hydrogens (tertiary/aromatic N) is 2. The van der Waals surface area contributed by atoms with Gasteiger partial charge in [0, 0.05) is 18.3 Å². The number of anilines is 2. The van der Waals surface area contributed by atoms with Crippen molar-refractivity contribution in [2.45, 2.75) is 27.2 Å². The zero-order valence-corrected chi connectivity index (χ0v) is 14.6. The number of aryl methyl sites for hydroxylation is 1. The number of benzene rings is 1. The number of hydrogen-bond acceptors (Lipinski definition) is 5. The molecule has 2 aromatic rings. The van der Waals surface area contributed by atoms with Gasteiger partial charge in [0.1, 0.15) is 23.1 Å². The molecule has 0 saturated carbocycles. The van der Waals surface area contributed by atoms with Gasteiger partial charge in [-0.3, -0.25) is 4.79 Å².